The van der Waals surface area contributed by atoms with Crippen molar-refractivity contribution in [3.63, 3.8) is 0 Å². The standard InChI is InChI=1S/C12H10ClN5O2/c1-19-6-8-4-11(18-12(17-8)15-7-16-18)20-9-2-3-10(13)14-5-9/h2-5,7H,6H2,1H3. The Labute approximate surface area is 119 Å². The summed E-state index contributed by atoms with van der Waals surface area (Å²) in [5.41, 5.74) is 0.699. The van der Waals surface area contributed by atoms with Gasteiger partial charge in [0.1, 0.15) is 17.2 Å². The highest BCUT2D eigenvalue weighted by molar-refractivity contribution is 6.29. The molecular formula is C12H10ClN5O2. The molecule has 0 saturated heterocycles. The quantitative estimate of drug-likeness (QED) is 0.685. The highest BCUT2D eigenvalue weighted by atomic mass is 35.5. The largest absolute Gasteiger partial charge is 0.437 e. The van der Waals surface area contributed by atoms with Crippen LogP contribution in [0.2, 0.25) is 5.15 Å². The van der Waals surface area contributed by atoms with Gasteiger partial charge < -0.3 is 9.47 Å². The maximum Gasteiger partial charge on any atom is 0.255 e. The summed E-state index contributed by atoms with van der Waals surface area (Å²) in [4.78, 5) is 12.3. The van der Waals surface area contributed by atoms with Gasteiger partial charge in [-0.05, 0) is 12.1 Å². The van der Waals surface area contributed by atoms with Crippen molar-refractivity contribution in [2.45, 2.75) is 6.61 Å². The van der Waals surface area contributed by atoms with Gasteiger partial charge in [-0.1, -0.05) is 11.6 Å². The minimum absolute atomic E-state index is 0.360. The van der Waals surface area contributed by atoms with Gasteiger partial charge in [0.2, 0.25) is 5.88 Å². The molecule has 0 saturated carbocycles. The zero-order chi connectivity index (χ0) is 13.9. The fourth-order valence-electron chi connectivity index (χ4n) is 1.67. The first kappa shape index (κ1) is 12.8. The first-order chi connectivity index (χ1) is 9.76. The lowest BCUT2D eigenvalue weighted by Gasteiger charge is -2.08. The van der Waals surface area contributed by atoms with Crippen molar-refractivity contribution >= 4 is 17.4 Å². The van der Waals surface area contributed by atoms with E-state index in [-0.39, 0.29) is 0 Å². The Morgan fingerprint density at radius 1 is 1.30 bits per heavy atom. The van der Waals surface area contributed by atoms with Crippen molar-refractivity contribution in [2.24, 2.45) is 0 Å². The molecule has 0 bridgehead atoms. The third-order valence-electron chi connectivity index (χ3n) is 2.49. The molecule has 3 heterocycles. The number of nitrogens with zero attached hydrogens (tertiary/aromatic N) is 5. The fourth-order valence-corrected chi connectivity index (χ4v) is 1.78. The number of methoxy groups -OCH3 is 1. The topological polar surface area (TPSA) is 74.4 Å². The normalized spacial score (nSPS) is 10.9. The Bertz CT molecular complexity index is 728. The average Bonchev–Trinajstić information content (AvgIpc) is 2.90. The second-order valence-corrected chi connectivity index (χ2v) is 4.30. The van der Waals surface area contributed by atoms with Gasteiger partial charge in [-0.15, -0.1) is 0 Å². The van der Waals surface area contributed by atoms with Gasteiger partial charge in [0.25, 0.3) is 5.78 Å². The van der Waals surface area contributed by atoms with Crippen LogP contribution < -0.4 is 4.74 Å². The monoisotopic (exact) mass is 291 g/mol. The molecule has 3 aromatic heterocycles. The van der Waals surface area contributed by atoms with E-state index in [0.29, 0.717) is 34.9 Å². The van der Waals surface area contributed by atoms with Crippen LogP contribution in [0.15, 0.2) is 30.7 Å². The third kappa shape index (κ3) is 2.54. The summed E-state index contributed by atoms with van der Waals surface area (Å²) in [5.74, 6) is 1.46. The summed E-state index contributed by atoms with van der Waals surface area (Å²) >= 11 is 5.74. The minimum Gasteiger partial charge on any atom is -0.437 e. The van der Waals surface area contributed by atoms with Crippen LogP contribution in [0, 0.1) is 0 Å². The van der Waals surface area contributed by atoms with E-state index < -0.39 is 0 Å². The molecule has 3 aromatic rings. The maximum absolute atomic E-state index is 5.74. The van der Waals surface area contributed by atoms with Crippen molar-refractivity contribution in [1.82, 2.24) is 24.6 Å². The number of pyridine rings is 1. The molecule has 0 atom stereocenters. The van der Waals surface area contributed by atoms with Crippen LogP contribution >= 0.6 is 11.6 Å². The second kappa shape index (κ2) is 5.40. The number of rotatable bonds is 4. The molecule has 7 nitrogen and oxygen atoms in total. The molecule has 0 amide bonds. The summed E-state index contributed by atoms with van der Waals surface area (Å²) < 4.78 is 12.3. The predicted octanol–water partition coefficient (Wildman–Crippen LogP) is 2.11. The van der Waals surface area contributed by atoms with E-state index >= 15 is 0 Å². The van der Waals surface area contributed by atoms with Crippen LogP contribution in [0.25, 0.3) is 5.78 Å². The highest BCUT2D eigenvalue weighted by Gasteiger charge is 2.09. The molecule has 8 heteroatoms. The number of hydrogen-bond donors (Lipinski definition) is 0. The first-order valence-corrected chi connectivity index (χ1v) is 6.12. The van der Waals surface area contributed by atoms with E-state index in [0.717, 1.165) is 0 Å². The summed E-state index contributed by atoms with van der Waals surface area (Å²) in [6, 6.07) is 5.10. The SMILES string of the molecule is COCc1cc(Oc2ccc(Cl)nc2)n2ncnc2n1. The number of ether oxygens (including phenoxy) is 2. The van der Waals surface area contributed by atoms with Crippen molar-refractivity contribution in [3.05, 3.63) is 41.6 Å². The molecule has 102 valence electrons. The summed E-state index contributed by atoms with van der Waals surface area (Å²) in [6.45, 7) is 0.360. The number of aromatic nitrogens is 5. The maximum atomic E-state index is 5.74. The van der Waals surface area contributed by atoms with E-state index in [4.69, 9.17) is 21.1 Å². The molecule has 20 heavy (non-hydrogen) atoms. The molecule has 0 aliphatic carbocycles. The molecule has 0 spiro atoms. The van der Waals surface area contributed by atoms with Gasteiger partial charge >= 0.3 is 0 Å². The smallest absolute Gasteiger partial charge is 0.255 e. The van der Waals surface area contributed by atoms with Gasteiger partial charge in [-0.25, -0.2) is 9.97 Å². The van der Waals surface area contributed by atoms with E-state index in [9.17, 15) is 0 Å². The lowest BCUT2D eigenvalue weighted by molar-refractivity contribution is 0.181. The Kier molecular flexibility index (Phi) is 3.44. The Morgan fingerprint density at radius 2 is 2.20 bits per heavy atom. The third-order valence-corrected chi connectivity index (χ3v) is 2.71. The molecule has 0 aromatic carbocycles. The first-order valence-electron chi connectivity index (χ1n) is 5.74. The fraction of sp³-hybridized carbons (Fsp3) is 0.167. The van der Waals surface area contributed by atoms with E-state index in [1.54, 1.807) is 25.3 Å². The van der Waals surface area contributed by atoms with E-state index in [1.165, 1.54) is 17.0 Å². The van der Waals surface area contributed by atoms with Gasteiger partial charge in [-0.2, -0.15) is 14.6 Å². The highest BCUT2D eigenvalue weighted by Crippen LogP contribution is 2.22. The second-order valence-electron chi connectivity index (χ2n) is 3.91. The van der Waals surface area contributed by atoms with Crippen molar-refractivity contribution in [3.8, 4) is 11.6 Å². The molecule has 0 aliphatic heterocycles. The molecule has 0 radical (unpaired) electrons. The van der Waals surface area contributed by atoms with Gasteiger partial charge in [0, 0.05) is 13.2 Å². The van der Waals surface area contributed by atoms with Gasteiger partial charge in [-0.3, -0.25) is 0 Å². The minimum atomic E-state index is 0.360. The summed E-state index contributed by atoms with van der Waals surface area (Å²) in [7, 11) is 1.60. The van der Waals surface area contributed by atoms with E-state index in [1.807, 2.05) is 0 Å². The molecule has 0 N–H and O–H groups in total. The Morgan fingerprint density at radius 3 is 2.95 bits per heavy atom. The van der Waals surface area contributed by atoms with Crippen molar-refractivity contribution in [1.29, 1.82) is 0 Å². The van der Waals surface area contributed by atoms with Crippen LogP contribution in [0.4, 0.5) is 0 Å². The van der Waals surface area contributed by atoms with Crippen molar-refractivity contribution in [2.75, 3.05) is 7.11 Å². The number of hydrogen-bond acceptors (Lipinski definition) is 6. The number of halogens is 1. The summed E-state index contributed by atoms with van der Waals surface area (Å²) in [6.07, 6.45) is 2.94. The summed E-state index contributed by atoms with van der Waals surface area (Å²) in [5, 5.41) is 4.47. The molecule has 0 aliphatic rings. The predicted molar refractivity (Wildman–Crippen MR) is 70.8 cm³/mol. The number of fused-ring (bicyclic) bond motifs is 1. The zero-order valence-corrected chi connectivity index (χ0v) is 11.3. The Hall–Kier alpha value is -2.25. The van der Waals surface area contributed by atoms with Crippen LogP contribution in [-0.2, 0) is 11.3 Å². The molecule has 0 unspecified atom stereocenters. The zero-order valence-electron chi connectivity index (χ0n) is 10.5. The molecule has 0 fully saturated rings. The van der Waals surface area contributed by atoms with Gasteiger partial charge in [0.05, 0.1) is 18.5 Å². The van der Waals surface area contributed by atoms with E-state index in [2.05, 4.69) is 20.1 Å². The molecule has 3 rings (SSSR count). The lowest BCUT2D eigenvalue weighted by atomic mass is 10.4. The van der Waals surface area contributed by atoms with Crippen molar-refractivity contribution < 1.29 is 9.47 Å². The average molecular weight is 292 g/mol. The van der Waals surface area contributed by atoms with Crippen LogP contribution in [0.3, 0.4) is 0 Å². The molecular weight excluding hydrogens is 282 g/mol. The lowest BCUT2D eigenvalue weighted by Crippen LogP contribution is -2.02. The van der Waals surface area contributed by atoms with Crippen LogP contribution in [0.1, 0.15) is 5.69 Å². The Balaban J connectivity index is 2.00. The van der Waals surface area contributed by atoms with Gasteiger partial charge in [0.15, 0.2) is 0 Å². The van der Waals surface area contributed by atoms with Crippen LogP contribution in [-0.4, -0.2) is 31.7 Å². The van der Waals surface area contributed by atoms with Crippen LogP contribution in [0.5, 0.6) is 11.6 Å².